The summed E-state index contributed by atoms with van der Waals surface area (Å²) in [5, 5.41) is 0.607. The van der Waals surface area contributed by atoms with Crippen molar-refractivity contribution in [3.63, 3.8) is 0 Å². The second-order valence-electron chi connectivity index (χ2n) is 3.40. The van der Waals surface area contributed by atoms with Crippen LogP contribution in [-0.2, 0) is 9.47 Å². The van der Waals surface area contributed by atoms with E-state index in [-0.39, 0.29) is 12.1 Å². The second kappa shape index (κ2) is 4.64. The van der Waals surface area contributed by atoms with Crippen LogP contribution in [0.25, 0.3) is 0 Å². The van der Waals surface area contributed by atoms with Crippen molar-refractivity contribution in [1.82, 2.24) is 0 Å². The van der Waals surface area contributed by atoms with E-state index in [1.807, 2.05) is 0 Å². The minimum Gasteiger partial charge on any atom is -0.456 e. The van der Waals surface area contributed by atoms with Crippen LogP contribution in [0.1, 0.15) is 16.8 Å². The summed E-state index contributed by atoms with van der Waals surface area (Å²) in [5.74, 6) is -0.317. The summed E-state index contributed by atoms with van der Waals surface area (Å²) in [6, 6.07) is 6.65. The van der Waals surface area contributed by atoms with Crippen LogP contribution in [0.3, 0.4) is 0 Å². The number of benzene rings is 1. The standard InChI is InChI=1S/C11H11ClO3/c12-9-3-1-8(2-4-9)11(13)15-10-5-6-14-7-10/h1-4,10H,5-7H2/t10-/m1/s1. The monoisotopic (exact) mass is 226 g/mol. The van der Waals surface area contributed by atoms with E-state index in [0.29, 0.717) is 23.8 Å². The van der Waals surface area contributed by atoms with Gasteiger partial charge >= 0.3 is 5.97 Å². The highest BCUT2D eigenvalue weighted by atomic mass is 35.5. The minimum atomic E-state index is -0.317. The second-order valence-corrected chi connectivity index (χ2v) is 3.83. The number of esters is 1. The van der Waals surface area contributed by atoms with Crippen LogP contribution in [0.4, 0.5) is 0 Å². The molecule has 2 rings (SSSR count). The smallest absolute Gasteiger partial charge is 0.338 e. The normalized spacial score (nSPS) is 20.2. The maximum absolute atomic E-state index is 11.6. The van der Waals surface area contributed by atoms with Crippen molar-refractivity contribution in [2.45, 2.75) is 12.5 Å². The Morgan fingerprint density at radius 2 is 2.13 bits per heavy atom. The lowest BCUT2D eigenvalue weighted by Gasteiger charge is -2.09. The summed E-state index contributed by atoms with van der Waals surface area (Å²) in [6.45, 7) is 1.16. The van der Waals surface area contributed by atoms with Gasteiger partial charge in [0.15, 0.2) is 0 Å². The molecule has 1 aromatic rings. The Morgan fingerprint density at radius 1 is 1.40 bits per heavy atom. The highest BCUT2D eigenvalue weighted by molar-refractivity contribution is 6.30. The molecule has 0 bridgehead atoms. The molecule has 0 aromatic heterocycles. The molecule has 4 heteroatoms. The number of halogens is 1. The van der Waals surface area contributed by atoms with Gasteiger partial charge in [0.25, 0.3) is 0 Å². The zero-order valence-corrected chi connectivity index (χ0v) is 8.87. The van der Waals surface area contributed by atoms with Crippen molar-refractivity contribution in [3.05, 3.63) is 34.9 Å². The van der Waals surface area contributed by atoms with Crippen molar-refractivity contribution >= 4 is 17.6 Å². The van der Waals surface area contributed by atoms with Gasteiger partial charge in [-0.25, -0.2) is 4.79 Å². The first-order valence-corrected chi connectivity index (χ1v) is 5.18. The molecular weight excluding hydrogens is 216 g/mol. The molecule has 0 N–H and O–H groups in total. The van der Waals surface area contributed by atoms with Gasteiger partial charge in [0.1, 0.15) is 6.10 Å². The molecule has 0 radical (unpaired) electrons. The van der Waals surface area contributed by atoms with Gasteiger partial charge in [-0.1, -0.05) is 11.6 Å². The predicted molar refractivity (Wildman–Crippen MR) is 56.1 cm³/mol. The van der Waals surface area contributed by atoms with E-state index in [1.54, 1.807) is 24.3 Å². The molecule has 0 saturated carbocycles. The molecule has 0 amide bonds. The maximum Gasteiger partial charge on any atom is 0.338 e. The minimum absolute atomic E-state index is 0.104. The molecule has 1 saturated heterocycles. The summed E-state index contributed by atoms with van der Waals surface area (Å²) in [6.07, 6.45) is 0.674. The topological polar surface area (TPSA) is 35.5 Å². The van der Waals surface area contributed by atoms with E-state index in [2.05, 4.69) is 0 Å². The summed E-state index contributed by atoms with van der Waals surface area (Å²) in [4.78, 5) is 11.6. The first-order chi connectivity index (χ1) is 7.25. The zero-order chi connectivity index (χ0) is 10.7. The molecule has 1 aromatic carbocycles. The molecule has 1 aliphatic heterocycles. The van der Waals surface area contributed by atoms with E-state index in [9.17, 15) is 4.79 Å². The highest BCUT2D eigenvalue weighted by Crippen LogP contribution is 2.14. The number of ether oxygens (including phenoxy) is 2. The van der Waals surface area contributed by atoms with Crippen LogP contribution in [0.15, 0.2) is 24.3 Å². The Balaban J connectivity index is 1.98. The van der Waals surface area contributed by atoms with Gasteiger partial charge in [-0.2, -0.15) is 0 Å². The van der Waals surface area contributed by atoms with Crippen molar-refractivity contribution in [2.75, 3.05) is 13.2 Å². The van der Waals surface area contributed by atoms with E-state index >= 15 is 0 Å². The third kappa shape index (κ3) is 2.70. The van der Waals surface area contributed by atoms with Crippen molar-refractivity contribution < 1.29 is 14.3 Å². The lowest BCUT2D eigenvalue weighted by molar-refractivity contribution is 0.0270. The fourth-order valence-corrected chi connectivity index (χ4v) is 1.54. The van der Waals surface area contributed by atoms with Crippen LogP contribution in [0.2, 0.25) is 5.02 Å². The fraction of sp³-hybridized carbons (Fsp3) is 0.364. The molecule has 0 spiro atoms. The average molecular weight is 227 g/mol. The lowest BCUT2D eigenvalue weighted by Crippen LogP contribution is -2.17. The average Bonchev–Trinajstić information content (AvgIpc) is 2.71. The summed E-state index contributed by atoms with van der Waals surface area (Å²) in [7, 11) is 0. The molecule has 15 heavy (non-hydrogen) atoms. The quantitative estimate of drug-likeness (QED) is 0.726. The number of carbonyl (C=O) groups excluding carboxylic acids is 1. The Morgan fingerprint density at radius 3 is 2.73 bits per heavy atom. The van der Waals surface area contributed by atoms with Crippen LogP contribution in [0, 0.1) is 0 Å². The van der Waals surface area contributed by atoms with Crippen LogP contribution < -0.4 is 0 Å². The zero-order valence-electron chi connectivity index (χ0n) is 8.11. The molecular formula is C11H11ClO3. The Labute approximate surface area is 92.9 Å². The summed E-state index contributed by atoms with van der Waals surface area (Å²) < 4.78 is 10.3. The van der Waals surface area contributed by atoms with Gasteiger partial charge in [-0.15, -0.1) is 0 Å². The first-order valence-electron chi connectivity index (χ1n) is 4.80. The molecule has 1 heterocycles. The van der Waals surface area contributed by atoms with Gasteiger partial charge in [-0.05, 0) is 24.3 Å². The van der Waals surface area contributed by atoms with Crippen LogP contribution >= 0.6 is 11.6 Å². The van der Waals surface area contributed by atoms with Crippen molar-refractivity contribution in [3.8, 4) is 0 Å². The van der Waals surface area contributed by atoms with E-state index < -0.39 is 0 Å². The molecule has 0 unspecified atom stereocenters. The first kappa shape index (κ1) is 10.5. The van der Waals surface area contributed by atoms with E-state index in [1.165, 1.54) is 0 Å². The summed E-state index contributed by atoms with van der Waals surface area (Å²) in [5.41, 5.74) is 0.520. The van der Waals surface area contributed by atoms with Crippen molar-refractivity contribution in [1.29, 1.82) is 0 Å². The van der Waals surface area contributed by atoms with Gasteiger partial charge < -0.3 is 9.47 Å². The molecule has 80 valence electrons. The van der Waals surface area contributed by atoms with E-state index in [0.717, 1.165) is 6.42 Å². The van der Waals surface area contributed by atoms with Crippen LogP contribution in [0.5, 0.6) is 0 Å². The molecule has 3 nitrogen and oxygen atoms in total. The van der Waals surface area contributed by atoms with Gasteiger partial charge in [-0.3, -0.25) is 0 Å². The number of carbonyl (C=O) groups is 1. The molecule has 1 fully saturated rings. The number of hydrogen-bond acceptors (Lipinski definition) is 3. The maximum atomic E-state index is 11.6. The van der Waals surface area contributed by atoms with E-state index in [4.69, 9.17) is 21.1 Å². The third-order valence-electron chi connectivity index (χ3n) is 2.24. The lowest BCUT2D eigenvalue weighted by atomic mass is 10.2. The van der Waals surface area contributed by atoms with Gasteiger partial charge in [0, 0.05) is 11.4 Å². The third-order valence-corrected chi connectivity index (χ3v) is 2.49. The van der Waals surface area contributed by atoms with Crippen LogP contribution in [-0.4, -0.2) is 25.3 Å². The fourth-order valence-electron chi connectivity index (χ4n) is 1.41. The SMILES string of the molecule is O=C(O[C@@H]1CCOC1)c1ccc(Cl)cc1. The Bertz CT molecular complexity index is 341. The van der Waals surface area contributed by atoms with Gasteiger partial charge in [0.2, 0.25) is 0 Å². The number of hydrogen-bond donors (Lipinski definition) is 0. The Hall–Kier alpha value is -1.06. The van der Waals surface area contributed by atoms with Gasteiger partial charge in [0.05, 0.1) is 18.8 Å². The molecule has 1 aliphatic rings. The molecule has 1 atom stereocenters. The Kier molecular flexibility index (Phi) is 3.23. The molecule has 0 aliphatic carbocycles. The largest absolute Gasteiger partial charge is 0.456 e. The summed E-state index contributed by atoms with van der Waals surface area (Å²) >= 11 is 5.71. The van der Waals surface area contributed by atoms with Crippen molar-refractivity contribution in [2.24, 2.45) is 0 Å². The predicted octanol–water partition coefficient (Wildman–Crippen LogP) is 2.29. The highest BCUT2D eigenvalue weighted by Gasteiger charge is 2.20. The number of rotatable bonds is 2.